The minimum atomic E-state index is -0.162. The lowest BCUT2D eigenvalue weighted by Crippen LogP contribution is -2.50. The monoisotopic (exact) mass is 355 g/mol. The number of nitrogens with zero attached hydrogens (tertiary/aromatic N) is 2. The summed E-state index contributed by atoms with van der Waals surface area (Å²) >= 11 is 1.76. The van der Waals surface area contributed by atoms with Gasteiger partial charge in [-0.3, -0.25) is 14.6 Å². The molecule has 0 radical (unpaired) electrons. The van der Waals surface area contributed by atoms with Crippen molar-refractivity contribution in [1.82, 2.24) is 15.1 Å². The van der Waals surface area contributed by atoms with Gasteiger partial charge >= 0.3 is 0 Å². The fourth-order valence-corrected chi connectivity index (χ4v) is 4.15. The van der Waals surface area contributed by atoms with Gasteiger partial charge in [-0.1, -0.05) is 30.3 Å². The highest BCUT2D eigenvalue weighted by molar-refractivity contribution is 7.07. The van der Waals surface area contributed by atoms with E-state index in [0.29, 0.717) is 6.04 Å². The second-order valence-corrected chi connectivity index (χ2v) is 7.82. The van der Waals surface area contributed by atoms with Gasteiger partial charge in [-0.2, -0.15) is 11.3 Å². The molecule has 1 aromatic heterocycles. The Labute approximate surface area is 153 Å². The molecule has 1 aromatic carbocycles. The van der Waals surface area contributed by atoms with Gasteiger partial charge in [-0.25, -0.2) is 0 Å². The van der Waals surface area contributed by atoms with Crippen LogP contribution >= 0.6 is 11.3 Å². The first-order chi connectivity index (χ1) is 12.3. The maximum Gasteiger partial charge on any atom is 0.242 e. The Hall–Kier alpha value is -1.69. The van der Waals surface area contributed by atoms with Gasteiger partial charge in [-0.05, 0) is 40.8 Å². The average molecular weight is 356 g/mol. The van der Waals surface area contributed by atoms with Gasteiger partial charge in [0, 0.05) is 38.8 Å². The van der Waals surface area contributed by atoms with Crippen LogP contribution in [0.25, 0.3) is 0 Å². The molecule has 4 rings (SSSR count). The summed E-state index contributed by atoms with van der Waals surface area (Å²) in [5.41, 5.74) is 2.50. The van der Waals surface area contributed by atoms with Crippen molar-refractivity contribution < 1.29 is 4.79 Å². The number of benzene rings is 1. The molecule has 1 saturated heterocycles. The fraction of sp³-hybridized carbons (Fsp3) is 0.450. The maximum atomic E-state index is 12.9. The molecular formula is C20H25N3OS. The van der Waals surface area contributed by atoms with Crippen LogP contribution in [-0.4, -0.2) is 47.9 Å². The number of amides is 1. The third kappa shape index (κ3) is 4.29. The lowest BCUT2D eigenvalue weighted by atomic mass is 10.0. The van der Waals surface area contributed by atoms with Crippen molar-refractivity contribution in [2.45, 2.75) is 31.5 Å². The summed E-state index contributed by atoms with van der Waals surface area (Å²) in [6.45, 7) is 4.90. The molecular weight excluding hydrogens is 330 g/mol. The van der Waals surface area contributed by atoms with Gasteiger partial charge in [0.25, 0.3) is 0 Å². The van der Waals surface area contributed by atoms with Crippen molar-refractivity contribution in [3.05, 3.63) is 58.3 Å². The number of carbonyl (C=O) groups is 1. The van der Waals surface area contributed by atoms with E-state index in [-0.39, 0.29) is 11.9 Å². The lowest BCUT2D eigenvalue weighted by molar-refractivity contribution is -0.127. The van der Waals surface area contributed by atoms with Crippen LogP contribution in [0, 0.1) is 0 Å². The number of thiophene rings is 1. The summed E-state index contributed by atoms with van der Waals surface area (Å²) in [6.07, 6.45) is 2.25. The number of piperazine rings is 1. The molecule has 1 aliphatic heterocycles. The van der Waals surface area contributed by atoms with Crippen molar-refractivity contribution in [3.8, 4) is 0 Å². The predicted molar refractivity (Wildman–Crippen MR) is 102 cm³/mol. The van der Waals surface area contributed by atoms with Crippen molar-refractivity contribution in [2.75, 3.05) is 26.2 Å². The van der Waals surface area contributed by atoms with Crippen molar-refractivity contribution in [1.29, 1.82) is 0 Å². The molecule has 2 heterocycles. The molecule has 1 amide bonds. The Bertz CT molecular complexity index is 676. The summed E-state index contributed by atoms with van der Waals surface area (Å²) in [5.74, 6) is 0.167. The number of carbonyl (C=O) groups excluding carboxylic acids is 1. The van der Waals surface area contributed by atoms with E-state index in [0.717, 1.165) is 51.1 Å². The van der Waals surface area contributed by atoms with Crippen LogP contribution in [-0.2, 0) is 11.3 Å². The molecule has 0 spiro atoms. The van der Waals surface area contributed by atoms with Gasteiger partial charge in [0.05, 0.1) is 0 Å². The van der Waals surface area contributed by atoms with Crippen LogP contribution in [0.3, 0.4) is 0 Å². The molecule has 2 aromatic rings. The molecule has 1 saturated carbocycles. The largest absolute Gasteiger partial charge is 0.352 e. The number of rotatable bonds is 6. The molecule has 5 heteroatoms. The van der Waals surface area contributed by atoms with Crippen LogP contribution in [0.1, 0.15) is 30.0 Å². The Kier molecular flexibility index (Phi) is 5.15. The molecule has 1 aliphatic carbocycles. The molecule has 1 unspecified atom stereocenters. The van der Waals surface area contributed by atoms with Crippen molar-refractivity contribution >= 4 is 17.2 Å². The third-order valence-corrected chi connectivity index (χ3v) is 5.78. The average Bonchev–Trinajstić information content (AvgIpc) is 3.30. The zero-order valence-corrected chi connectivity index (χ0v) is 15.3. The lowest BCUT2D eigenvalue weighted by Gasteiger charge is -2.38. The number of hydrogen-bond acceptors (Lipinski definition) is 4. The summed E-state index contributed by atoms with van der Waals surface area (Å²) < 4.78 is 0. The predicted octanol–water partition coefficient (Wildman–Crippen LogP) is 2.89. The van der Waals surface area contributed by atoms with E-state index < -0.39 is 0 Å². The van der Waals surface area contributed by atoms with Crippen molar-refractivity contribution in [3.63, 3.8) is 0 Å². The van der Waals surface area contributed by atoms with Crippen LogP contribution in [0.2, 0.25) is 0 Å². The second kappa shape index (κ2) is 7.68. The van der Waals surface area contributed by atoms with E-state index in [1.54, 1.807) is 11.3 Å². The summed E-state index contributed by atoms with van der Waals surface area (Å²) in [4.78, 5) is 17.7. The van der Waals surface area contributed by atoms with Crippen LogP contribution in [0.5, 0.6) is 0 Å². The van der Waals surface area contributed by atoms with E-state index in [9.17, 15) is 4.79 Å². The van der Waals surface area contributed by atoms with E-state index in [1.165, 1.54) is 5.56 Å². The topological polar surface area (TPSA) is 35.6 Å². The SMILES string of the molecule is O=C(NC1CC1)C(c1ccccc1)N1CCN(Cc2ccsc2)CC1. The van der Waals surface area contributed by atoms with E-state index in [1.807, 2.05) is 18.2 Å². The zero-order valence-electron chi connectivity index (χ0n) is 14.4. The highest BCUT2D eigenvalue weighted by atomic mass is 32.1. The smallest absolute Gasteiger partial charge is 0.242 e. The van der Waals surface area contributed by atoms with Crippen molar-refractivity contribution in [2.24, 2.45) is 0 Å². The number of nitrogens with one attached hydrogen (secondary N) is 1. The van der Waals surface area contributed by atoms with Crippen LogP contribution in [0.15, 0.2) is 47.2 Å². The number of hydrogen-bond donors (Lipinski definition) is 1. The minimum Gasteiger partial charge on any atom is -0.352 e. The summed E-state index contributed by atoms with van der Waals surface area (Å²) in [5, 5.41) is 7.57. The Balaban J connectivity index is 1.42. The normalized spacial score (nSPS) is 20.3. The van der Waals surface area contributed by atoms with Crippen LogP contribution < -0.4 is 5.32 Å². The molecule has 0 bridgehead atoms. The van der Waals surface area contributed by atoms with Gasteiger partial charge < -0.3 is 5.32 Å². The Morgan fingerprint density at radius 1 is 1.12 bits per heavy atom. The molecule has 132 valence electrons. The molecule has 2 fully saturated rings. The Morgan fingerprint density at radius 3 is 2.52 bits per heavy atom. The summed E-state index contributed by atoms with van der Waals surface area (Å²) in [7, 11) is 0. The van der Waals surface area contributed by atoms with Gasteiger partial charge in [0.15, 0.2) is 0 Å². The molecule has 1 N–H and O–H groups in total. The Morgan fingerprint density at radius 2 is 1.88 bits per heavy atom. The zero-order chi connectivity index (χ0) is 17.1. The first-order valence-electron chi connectivity index (χ1n) is 9.12. The summed E-state index contributed by atoms with van der Waals surface area (Å²) in [6, 6.07) is 12.7. The molecule has 1 atom stereocenters. The van der Waals surface area contributed by atoms with Gasteiger partial charge in [0.2, 0.25) is 5.91 Å². The first-order valence-corrected chi connectivity index (χ1v) is 10.1. The minimum absolute atomic E-state index is 0.162. The molecule has 2 aliphatic rings. The molecule has 4 nitrogen and oxygen atoms in total. The van der Waals surface area contributed by atoms with E-state index >= 15 is 0 Å². The molecule has 25 heavy (non-hydrogen) atoms. The third-order valence-electron chi connectivity index (χ3n) is 5.05. The highest BCUT2D eigenvalue weighted by Gasteiger charge is 2.33. The first kappa shape index (κ1) is 16.8. The fourth-order valence-electron chi connectivity index (χ4n) is 3.49. The van der Waals surface area contributed by atoms with Gasteiger partial charge in [-0.15, -0.1) is 0 Å². The van der Waals surface area contributed by atoms with E-state index in [2.05, 4.69) is 44.1 Å². The maximum absolute atomic E-state index is 12.9. The standard InChI is InChI=1S/C20H25N3OS/c24-20(21-18-6-7-18)19(17-4-2-1-3-5-17)23-11-9-22(10-12-23)14-16-8-13-25-15-16/h1-5,8,13,15,18-19H,6-7,9-12,14H2,(H,21,24). The quantitative estimate of drug-likeness (QED) is 0.865. The second-order valence-electron chi connectivity index (χ2n) is 7.04. The van der Waals surface area contributed by atoms with E-state index in [4.69, 9.17) is 0 Å². The van der Waals surface area contributed by atoms with Gasteiger partial charge in [0.1, 0.15) is 6.04 Å². The van der Waals surface area contributed by atoms with Crippen LogP contribution in [0.4, 0.5) is 0 Å². The highest BCUT2D eigenvalue weighted by Crippen LogP contribution is 2.26.